The molecule has 9 nitrogen and oxygen atoms in total. The van der Waals surface area contributed by atoms with Crippen molar-refractivity contribution in [3.8, 4) is 16.9 Å². The van der Waals surface area contributed by atoms with Gasteiger partial charge in [0.05, 0.1) is 12.0 Å². The van der Waals surface area contributed by atoms with E-state index in [4.69, 9.17) is 4.74 Å². The average Bonchev–Trinajstić information content (AvgIpc) is 3.38. The number of carbonyl (C=O) groups excluding carboxylic acids is 1. The second kappa shape index (κ2) is 9.98. The fourth-order valence-electron chi connectivity index (χ4n) is 4.66. The molecule has 4 heterocycles. The third-order valence-corrected chi connectivity index (χ3v) is 6.50. The van der Waals surface area contributed by atoms with E-state index >= 15 is 0 Å². The van der Waals surface area contributed by atoms with Crippen LogP contribution in [0.3, 0.4) is 0 Å². The number of rotatable bonds is 5. The van der Waals surface area contributed by atoms with Gasteiger partial charge in [-0.15, -0.1) is 0 Å². The van der Waals surface area contributed by atoms with Crippen LogP contribution in [0.1, 0.15) is 35.8 Å². The number of halogens is 1. The number of hydrogen-bond donors (Lipinski definition) is 1. The van der Waals surface area contributed by atoms with Crippen molar-refractivity contribution in [2.24, 2.45) is 0 Å². The van der Waals surface area contributed by atoms with Crippen molar-refractivity contribution in [3.63, 3.8) is 0 Å². The largest absolute Gasteiger partial charge is 0.358 e. The first-order valence-electron chi connectivity index (χ1n) is 12.3. The highest BCUT2D eigenvalue weighted by atomic mass is 19.1. The predicted octanol–water partition coefficient (Wildman–Crippen LogP) is 4.73. The summed E-state index contributed by atoms with van der Waals surface area (Å²) in [6, 6.07) is 15.8. The average molecular weight is 511 g/mol. The Hall–Kier alpha value is -4.70. The van der Waals surface area contributed by atoms with Crippen LogP contribution < -0.4 is 10.9 Å². The molecule has 38 heavy (non-hydrogen) atoms. The number of hydrogen-bond acceptors (Lipinski definition) is 6. The van der Waals surface area contributed by atoms with Gasteiger partial charge >= 0.3 is 0 Å². The predicted molar refractivity (Wildman–Crippen MR) is 140 cm³/mol. The summed E-state index contributed by atoms with van der Waals surface area (Å²) in [5, 5.41) is 2.79. The SMILES string of the molecule is O=C(Nc1cccc(-c2ncnc3c2ncn3C2CCCCO2)c1)c1cccn(-c2cccc(F)c2)c1=O. The van der Waals surface area contributed by atoms with Gasteiger partial charge in [0.15, 0.2) is 5.65 Å². The van der Waals surface area contributed by atoms with Crippen LogP contribution in [0.5, 0.6) is 0 Å². The Balaban J connectivity index is 1.29. The van der Waals surface area contributed by atoms with Gasteiger partial charge in [-0.3, -0.25) is 18.7 Å². The zero-order valence-electron chi connectivity index (χ0n) is 20.3. The Labute approximate surface area is 216 Å². The highest BCUT2D eigenvalue weighted by molar-refractivity contribution is 6.04. The van der Waals surface area contributed by atoms with Gasteiger partial charge in [0.2, 0.25) is 0 Å². The second-order valence-electron chi connectivity index (χ2n) is 8.98. The van der Waals surface area contributed by atoms with E-state index in [9.17, 15) is 14.0 Å². The minimum absolute atomic E-state index is 0.0715. The van der Waals surface area contributed by atoms with Gasteiger partial charge in [0, 0.05) is 24.1 Å². The summed E-state index contributed by atoms with van der Waals surface area (Å²) in [5.41, 5.74) is 2.85. The lowest BCUT2D eigenvalue weighted by Gasteiger charge is -2.23. The van der Waals surface area contributed by atoms with Crippen LogP contribution in [0.15, 0.2) is 84.3 Å². The van der Waals surface area contributed by atoms with Crippen LogP contribution in [0.4, 0.5) is 10.1 Å². The molecular formula is C28H23FN6O3. The van der Waals surface area contributed by atoms with Gasteiger partial charge < -0.3 is 10.1 Å². The van der Waals surface area contributed by atoms with Crippen molar-refractivity contribution in [1.82, 2.24) is 24.1 Å². The molecule has 1 saturated heterocycles. The fraction of sp³-hybridized carbons (Fsp3) is 0.179. The Kier molecular flexibility index (Phi) is 6.22. The summed E-state index contributed by atoms with van der Waals surface area (Å²) in [5.74, 6) is -1.06. The Morgan fingerprint density at radius 1 is 1.03 bits per heavy atom. The minimum atomic E-state index is -0.579. The topological polar surface area (TPSA) is 104 Å². The lowest BCUT2D eigenvalue weighted by atomic mass is 10.1. The summed E-state index contributed by atoms with van der Waals surface area (Å²) in [6.45, 7) is 0.707. The van der Waals surface area contributed by atoms with Gasteiger partial charge in [0.1, 0.15) is 35.1 Å². The molecule has 1 aliphatic rings. The number of anilines is 1. The summed E-state index contributed by atoms with van der Waals surface area (Å²) >= 11 is 0. The number of carbonyl (C=O) groups is 1. The number of aromatic nitrogens is 5. The Bertz CT molecular complexity index is 1710. The molecular weight excluding hydrogens is 487 g/mol. The zero-order valence-corrected chi connectivity index (χ0v) is 20.3. The molecule has 1 fully saturated rings. The Morgan fingerprint density at radius 3 is 2.76 bits per heavy atom. The first-order valence-corrected chi connectivity index (χ1v) is 12.3. The molecule has 0 radical (unpaired) electrons. The second-order valence-corrected chi connectivity index (χ2v) is 8.98. The molecule has 1 unspecified atom stereocenters. The fourth-order valence-corrected chi connectivity index (χ4v) is 4.66. The molecule has 5 aromatic rings. The van der Waals surface area contributed by atoms with Crippen LogP contribution in [0, 0.1) is 5.82 Å². The molecule has 1 N–H and O–H groups in total. The molecule has 10 heteroatoms. The van der Waals surface area contributed by atoms with Crippen LogP contribution >= 0.6 is 0 Å². The molecule has 2 aromatic carbocycles. The van der Waals surface area contributed by atoms with Crippen molar-refractivity contribution < 1.29 is 13.9 Å². The molecule has 6 rings (SSSR count). The van der Waals surface area contributed by atoms with Crippen molar-refractivity contribution in [2.75, 3.05) is 11.9 Å². The zero-order chi connectivity index (χ0) is 26.1. The van der Waals surface area contributed by atoms with Crippen LogP contribution in [0.2, 0.25) is 0 Å². The third-order valence-electron chi connectivity index (χ3n) is 6.50. The van der Waals surface area contributed by atoms with E-state index in [2.05, 4.69) is 20.3 Å². The molecule has 3 aromatic heterocycles. The number of nitrogens with zero attached hydrogens (tertiary/aromatic N) is 5. The van der Waals surface area contributed by atoms with Gasteiger partial charge in [-0.1, -0.05) is 18.2 Å². The number of pyridine rings is 1. The summed E-state index contributed by atoms with van der Waals surface area (Å²) < 4.78 is 22.8. The molecule has 1 atom stereocenters. The van der Waals surface area contributed by atoms with Gasteiger partial charge in [0.25, 0.3) is 11.5 Å². The Morgan fingerprint density at radius 2 is 1.92 bits per heavy atom. The van der Waals surface area contributed by atoms with E-state index in [1.807, 2.05) is 10.6 Å². The van der Waals surface area contributed by atoms with Crippen molar-refractivity contribution in [2.45, 2.75) is 25.5 Å². The number of ether oxygens (including phenoxy) is 1. The van der Waals surface area contributed by atoms with E-state index in [1.165, 1.54) is 41.4 Å². The lowest BCUT2D eigenvalue weighted by Crippen LogP contribution is -2.27. The highest BCUT2D eigenvalue weighted by Gasteiger charge is 2.21. The molecule has 190 valence electrons. The third kappa shape index (κ3) is 4.46. The standard InChI is InChI=1S/C28H23FN6O3/c29-19-7-4-9-21(15-19)34-12-5-10-22(28(34)37)27(36)33-20-8-3-6-18(14-20)24-25-26(31-16-30-24)35(17-32-25)23-11-1-2-13-38-23/h3-10,12,14-17,23H,1-2,11,13H2,(H,33,36). The van der Waals surface area contributed by atoms with E-state index in [0.717, 1.165) is 24.8 Å². The first-order chi connectivity index (χ1) is 18.6. The van der Waals surface area contributed by atoms with Crippen LogP contribution in [-0.2, 0) is 4.74 Å². The highest BCUT2D eigenvalue weighted by Crippen LogP contribution is 2.30. The van der Waals surface area contributed by atoms with Gasteiger partial charge in [-0.05, 0) is 61.7 Å². The molecule has 0 aliphatic carbocycles. The number of fused-ring (bicyclic) bond motifs is 1. The maximum atomic E-state index is 13.7. The smallest absolute Gasteiger partial charge is 0.267 e. The van der Waals surface area contributed by atoms with Crippen LogP contribution in [0.25, 0.3) is 28.1 Å². The van der Waals surface area contributed by atoms with Crippen molar-refractivity contribution in [3.05, 3.63) is 101 Å². The normalized spacial score (nSPS) is 15.4. The number of amides is 1. The molecule has 1 amide bonds. The number of benzene rings is 2. The number of nitrogens with one attached hydrogen (secondary N) is 1. The van der Waals surface area contributed by atoms with Gasteiger partial charge in [-0.25, -0.2) is 19.3 Å². The number of imidazole rings is 1. The van der Waals surface area contributed by atoms with Gasteiger partial charge in [-0.2, -0.15) is 0 Å². The lowest BCUT2D eigenvalue weighted by molar-refractivity contribution is -0.0298. The summed E-state index contributed by atoms with van der Waals surface area (Å²) in [6.07, 6.45) is 7.62. The van der Waals surface area contributed by atoms with E-state index in [0.29, 0.717) is 34.8 Å². The van der Waals surface area contributed by atoms with E-state index in [1.54, 1.807) is 36.7 Å². The summed E-state index contributed by atoms with van der Waals surface area (Å²) in [7, 11) is 0. The first kappa shape index (κ1) is 23.7. The summed E-state index contributed by atoms with van der Waals surface area (Å²) in [4.78, 5) is 39.6. The van der Waals surface area contributed by atoms with E-state index < -0.39 is 17.3 Å². The molecule has 1 aliphatic heterocycles. The molecule has 0 spiro atoms. The van der Waals surface area contributed by atoms with Crippen molar-refractivity contribution in [1.29, 1.82) is 0 Å². The maximum absolute atomic E-state index is 13.7. The van der Waals surface area contributed by atoms with E-state index in [-0.39, 0.29) is 11.8 Å². The molecule has 0 saturated carbocycles. The monoisotopic (exact) mass is 510 g/mol. The molecule has 0 bridgehead atoms. The van der Waals surface area contributed by atoms with Crippen molar-refractivity contribution >= 4 is 22.8 Å². The minimum Gasteiger partial charge on any atom is -0.358 e. The maximum Gasteiger partial charge on any atom is 0.267 e. The van der Waals surface area contributed by atoms with Crippen LogP contribution in [-0.4, -0.2) is 36.6 Å². The quantitative estimate of drug-likeness (QED) is 0.367.